The molecule has 6 heteroatoms. The Morgan fingerprint density at radius 3 is 2.30 bits per heavy atom. The van der Waals surface area contributed by atoms with Crippen molar-refractivity contribution in [2.24, 2.45) is 0 Å². The van der Waals surface area contributed by atoms with Crippen LogP contribution in [0.1, 0.15) is 36.6 Å². The number of carboxylic acid groups (broad SMARTS) is 1. The summed E-state index contributed by atoms with van der Waals surface area (Å²) in [5, 5.41) is 12.2. The Kier molecular flexibility index (Phi) is 4.01. The van der Waals surface area contributed by atoms with Gasteiger partial charge in [0.1, 0.15) is 0 Å². The topological polar surface area (TPSA) is 83.5 Å². The van der Waals surface area contributed by atoms with Gasteiger partial charge in [-0.15, -0.1) is 0 Å². The highest BCUT2D eigenvalue weighted by molar-refractivity contribution is 6.31. The van der Waals surface area contributed by atoms with Crippen LogP contribution < -0.4 is 5.32 Å². The molecule has 1 amide bonds. The van der Waals surface area contributed by atoms with E-state index in [0.29, 0.717) is 27.8 Å². The second kappa shape index (κ2) is 6.37. The van der Waals surface area contributed by atoms with Gasteiger partial charge in [0, 0.05) is 27.3 Å². The van der Waals surface area contributed by atoms with Crippen LogP contribution in [0.2, 0.25) is 5.02 Å². The Labute approximate surface area is 159 Å². The molecule has 27 heavy (non-hydrogen) atoms. The second-order valence-electron chi connectivity index (χ2n) is 6.05. The zero-order chi connectivity index (χ0) is 19.1. The molecular weight excluding hydrogens is 366 g/mol. The lowest BCUT2D eigenvalue weighted by Crippen LogP contribution is -2.16. The van der Waals surface area contributed by atoms with Crippen LogP contribution in [-0.2, 0) is 0 Å². The molecule has 3 aromatic rings. The summed E-state index contributed by atoms with van der Waals surface area (Å²) in [6, 6.07) is 16.2. The number of carbonyl (C=O) groups is 3. The molecule has 3 aromatic carbocycles. The van der Waals surface area contributed by atoms with E-state index >= 15 is 0 Å². The number of carbonyl (C=O) groups excluding carboxylic acids is 2. The van der Waals surface area contributed by atoms with E-state index in [2.05, 4.69) is 5.32 Å². The third-order valence-electron chi connectivity index (χ3n) is 4.45. The van der Waals surface area contributed by atoms with Gasteiger partial charge in [0.25, 0.3) is 5.91 Å². The normalized spacial score (nSPS) is 11.7. The van der Waals surface area contributed by atoms with Gasteiger partial charge in [-0.25, -0.2) is 4.79 Å². The molecule has 132 valence electrons. The summed E-state index contributed by atoms with van der Waals surface area (Å²) in [5.74, 6) is -1.83. The molecule has 0 saturated heterocycles. The number of fused-ring (bicyclic) bond motifs is 3. The molecule has 0 bridgehead atoms. The van der Waals surface area contributed by atoms with E-state index in [0.717, 1.165) is 0 Å². The molecule has 1 aliphatic carbocycles. The van der Waals surface area contributed by atoms with Crippen molar-refractivity contribution in [3.05, 3.63) is 87.9 Å². The molecule has 4 rings (SSSR count). The van der Waals surface area contributed by atoms with Crippen molar-refractivity contribution in [2.75, 3.05) is 5.32 Å². The molecule has 0 fully saturated rings. The Morgan fingerprint density at radius 2 is 1.56 bits per heavy atom. The van der Waals surface area contributed by atoms with Crippen LogP contribution in [0.4, 0.5) is 5.69 Å². The second-order valence-corrected chi connectivity index (χ2v) is 6.49. The smallest absolute Gasteiger partial charge is 0.337 e. The molecule has 0 radical (unpaired) electrons. The molecule has 1 aliphatic rings. The molecule has 0 aromatic heterocycles. The number of halogens is 1. The number of rotatable bonds is 3. The molecule has 0 spiro atoms. The van der Waals surface area contributed by atoms with Crippen molar-refractivity contribution in [2.45, 2.75) is 0 Å². The minimum Gasteiger partial charge on any atom is -0.478 e. The van der Waals surface area contributed by atoms with Gasteiger partial charge < -0.3 is 10.4 Å². The highest BCUT2D eigenvalue weighted by Crippen LogP contribution is 2.39. The highest BCUT2D eigenvalue weighted by atomic mass is 35.5. The van der Waals surface area contributed by atoms with Gasteiger partial charge in [-0.05, 0) is 29.8 Å². The van der Waals surface area contributed by atoms with E-state index in [1.807, 2.05) is 0 Å². The monoisotopic (exact) mass is 377 g/mol. The van der Waals surface area contributed by atoms with Gasteiger partial charge in [-0.1, -0.05) is 48.0 Å². The molecule has 5 nitrogen and oxygen atoms in total. The van der Waals surface area contributed by atoms with Gasteiger partial charge in [-0.3, -0.25) is 9.59 Å². The first kappa shape index (κ1) is 17.0. The number of hydrogen-bond acceptors (Lipinski definition) is 3. The Morgan fingerprint density at radius 1 is 0.852 bits per heavy atom. The van der Waals surface area contributed by atoms with Gasteiger partial charge in [0.2, 0.25) is 0 Å². The zero-order valence-electron chi connectivity index (χ0n) is 13.8. The maximum Gasteiger partial charge on any atom is 0.337 e. The summed E-state index contributed by atoms with van der Waals surface area (Å²) in [5.41, 5.74) is 2.58. The van der Waals surface area contributed by atoms with Gasteiger partial charge in [0.05, 0.1) is 11.3 Å². The first-order valence-corrected chi connectivity index (χ1v) is 8.46. The van der Waals surface area contributed by atoms with E-state index in [4.69, 9.17) is 11.6 Å². The summed E-state index contributed by atoms with van der Waals surface area (Å²) < 4.78 is 0. The maximum atomic E-state index is 12.9. The average molecular weight is 378 g/mol. The molecule has 2 N–H and O–H groups in total. The molecule has 0 aliphatic heterocycles. The molecule has 0 atom stereocenters. The fraction of sp³-hybridized carbons (Fsp3) is 0. The first-order valence-electron chi connectivity index (χ1n) is 8.08. The summed E-state index contributed by atoms with van der Waals surface area (Å²) >= 11 is 5.85. The van der Waals surface area contributed by atoms with E-state index in [1.165, 1.54) is 18.2 Å². The molecule has 0 heterocycles. The average Bonchev–Trinajstić information content (AvgIpc) is 2.96. The summed E-state index contributed by atoms with van der Waals surface area (Å²) in [6.07, 6.45) is 0. The van der Waals surface area contributed by atoms with E-state index < -0.39 is 11.9 Å². The van der Waals surface area contributed by atoms with Crippen molar-refractivity contribution in [3.8, 4) is 11.1 Å². The number of ketones is 1. The van der Waals surface area contributed by atoms with Crippen LogP contribution in [0, 0.1) is 0 Å². The van der Waals surface area contributed by atoms with Crippen LogP contribution in [0.5, 0.6) is 0 Å². The number of anilines is 1. The van der Waals surface area contributed by atoms with Gasteiger partial charge >= 0.3 is 5.97 Å². The zero-order valence-corrected chi connectivity index (χ0v) is 14.6. The highest BCUT2D eigenvalue weighted by Gasteiger charge is 2.30. The number of aromatic carboxylic acids is 1. The van der Waals surface area contributed by atoms with Crippen molar-refractivity contribution in [1.82, 2.24) is 0 Å². The van der Waals surface area contributed by atoms with Crippen molar-refractivity contribution >= 4 is 34.9 Å². The summed E-state index contributed by atoms with van der Waals surface area (Å²) in [7, 11) is 0. The lowest BCUT2D eigenvalue weighted by atomic mass is 9.98. The first-order chi connectivity index (χ1) is 13.0. The number of benzene rings is 3. The Hall–Kier alpha value is -3.44. The van der Waals surface area contributed by atoms with Crippen LogP contribution in [-0.4, -0.2) is 22.8 Å². The minimum absolute atomic E-state index is 0.111. The third kappa shape index (κ3) is 2.78. The van der Waals surface area contributed by atoms with E-state index in [9.17, 15) is 19.5 Å². The largest absolute Gasteiger partial charge is 0.478 e. The van der Waals surface area contributed by atoms with Crippen molar-refractivity contribution < 1.29 is 19.5 Å². The van der Waals surface area contributed by atoms with Crippen LogP contribution >= 0.6 is 11.6 Å². The maximum absolute atomic E-state index is 12.9. The minimum atomic E-state index is -1.20. The van der Waals surface area contributed by atoms with Crippen molar-refractivity contribution in [3.63, 3.8) is 0 Å². The lowest BCUT2D eigenvalue weighted by molar-refractivity contribution is 0.0698. The summed E-state index contributed by atoms with van der Waals surface area (Å²) in [6.45, 7) is 0. The quantitative estimate of drug-likeness (QED) is 0.550. The summed E-state index contributed by atoms with van der Waals surface area (Å²) in [4.78, 5) is 36.9. The van der Waals surface area contributed by atoms with Crippen molar-refractivity contribution in [1.29, 1.82) is 0 Å². The molecule has 0 unspecified atom stereocenters. The lowest BCUT2D eigenvalue weighted by Gasteiger charge is -2.12. The Balaban J connectivity index is 1.79. The van der Waals surface area contributed by atoms with Gasteiger partial charge in [-0.2, -0.15) is 0 Å². The molecule has 0 saturated carbocycles. The number of amides is 1. The Bertz CT molecular complexity index is 1140. The predicted octanol–water partition coefficient (Wildman–Crippen LogP) is 4.50. The number of hydrogen-bond donors (Lipinski definition) is 2. The predicted molar refractivity (Wildman–Crippen MR) is 102 cm³/mol. The molecular formula is C21H12ClNO4. The van der Waals surface area contributed by atoms with Crippen LogP contribution in [0.25, 0.3) is 11.1 Å². The fourth-order valence-corrected chi connectivity index (χ4v) is 3.43. The van der Waals surface area contributed by atoms with E-state index in [-0.39, 0.29) is 22.1 Å². The van der Waals surface area contributed by atoms with Crippen LogP contribution in [0.15, 0.2) is 60.7 Å². The standard InChI is InChI=1S/C21H12ClNO4/c22-11-8-9-17(16(10-11)21(26)27)23-20(25)15-7-3-6-14-18(15)12-4-1-2-5-13(12)19(14)24/h1-10H,(H,23,25)(H,26,27). The van der Waals surface area contributed by atoms with E-state index in [1.54, 1.807) is 42.5 Å². The third-order valence-corrected chi connectivity index (χ3v) is 4.69. The number of nitrogens with one attached hydrogen (secondary N) is 1. The van der Waals surface area contributed by atoms with Gasteiger partial charge in [0.15, 0.2) is 5.78 Å². The SMILES string of the molecule is O=C(O)c1cc(Cl)ccc1NC(=O)c1cccc2c1-c1ccccc1C2=O. The fourth-order valence-electron chi connectivity index (χ4n) is 3.26. The van der Waals surface area contributed by atoms with Crippen LogP contribution in [0.3, 0.4) is 0 Å². The number of carboxylic acids is 1.